The number of fused-ring (bicyclic) bond motifs is 1. The Morgan fingerprint density at radius 1 is 1.42 bits per heavy atom. The van der Waals surface area contributed by atoms with Gasteiger partial charge in [-0.05, 0) is 24.8 Å². The number of carbonyl (C=O) groups is 1. The van der Waals surface area contributed by atoms with Crippen molar-refractivity contribution < 1.29 is 4.79 Å². The summed E-state index contributed by atoms with van der Waals surface area (Å²) in [7, 11) is 1.98. The van der Waals surface area contributed by atoms with E-state index in [1.165, 1.54) is 5.56 Å². The maximum absolute atomic E-state index is 11.8. The Hall–Kier alpha value is -1.05. The summed E-state index contributed by atoms with van der Waals surface area (Å²) >= 11 is 0. The van der Waals surface area contributed by atoms with Gasteiger partial charge in [-0.1, -0.05) is 0 Å². The number of ketones is 1. The zero-order valence-electron chi connectivity index (χ0n) is 7.13. The van der Waals surface area contributed by atoms with E-state index >= 15 is 0 Å². The Morgan fingerprint density at radius 2 is 2.17 bits per heavy atom. The summed E-state index contributed by atoms with van der Waals surface area (Å²) in [5.41, 5.74) is 2.33. The molecule has 3 rings (SSSR count). The summed E-state index contributed by atoms with van der Waals surface area (Å²) in [4.78, 5) is 11.8. The van der Waals surface area contributed by atoms with Crippen molar-refractivity contribution in [2.75, 3.05) is 0 Å². The van der Waals surface area contributed by atoms with E-state index in [2.05, 4.69) is 6.20 Å². The highest BCUT2D eigenvalue weighted by molar-refractivity contribution is 6.06. The van der Waals surface area contributed by atoms with Gasteiger partial charge in [0, 0.05) is 30.4 Å². The first-order chi connectivity index (χ1) is 5.71. The molecule has 2 nitrogen and oxygen atoms in total. The summed E-state index contributed by atoms with van der Waals surface area (Å²) in [6.07, 6.45) is 7.28. The van der Waals surface area contributed by atoms with Crippen molar-refractivity contribution in [2.45, 2.75) is 19.3 Å². The highest BCUT2D eigenvalue weighted by Gasteiger charge is 2.54. The lowest BCUT2D eigenvalue weighted by molar-refractivity contribution is 0.0918. The molecule has 1 spiro atoms. The molecule has 0 amide bonds. The normalized spacial score (nSPS) is 23.2. The lowest BCUT2D eigenvalue weighted by Gasteiger charge is -2.01. The largest absolute Gasteiger partial charge is 0.356 e. The summed E-state index contributed by atoms with van der Waals surface area (Å²) in [5.74, 6) is 0.401. The molecule has 1 heterocycles. The number of carbonyl (C=O) groups excluding carboxylic acids is 1. The molecule has 2 heteroatoms. The molecule has 1 saturated carbocycles. The predicted octanol–water partition coefficient (Wildman–Crippen LogP) is 1.54. The van der Waals surface area contributed by atoms with E-state index < -0.39 is 0 Å². The molecular weight excluding hydrogens is 150 g/mol. The molecule has 0 bridgehead atoms. The summed E-state index contributed by atoms with van der Waals surface area (Å²) in [6.45, 7) is 0. The van der Waals surface area contributed by atoms with Crippen molar-refractivity contribution in [1.82, 2.24) is 4.57 Å². The van der Waals surface area contributed by atoms with E-state index in [-0.39, 0.29) is 5.41 Å². The first-order valence-corrected chi connectivity index (χ1v) is 4.41. The van der Waals surface area contributed by atoms with Crippen LogP contribution in [0.4, 0.5) is 0 Å². The van der Waals surface area contributed by atoms with E-state index in [9.17, 15) is 4.79 Å². The molecule has 2 aliphatic rings. The Balaban J connectivity index is 2.16. The molecular formula is C10H11NO. The maximum Gasteiger partial charge on any atom is 0.171 e. The molecule has 0 atom stereocenters. The quantitative estimate of drug-likeness (QED) is 0.565. The molecule has 0 aliphatic heterocycles. The van der Waals surface area contributed by atoms with Gasteiger partial charge in [0.2, 0.25) is 0 Å². The molecule has 1 aromatic heterocycles. The molecule has 2 aliphatic carbocycles. The van der Waals surface area contributed by atoms with Gasteiger partial charge in [-0.25, -0.2) is 0 Å². The van der Waals surface area contributed by atoms with E-state index in [0.717, 1.165) is 24.8 Å². The third-order valence-electron chi connectivity index (χ3n) is 3.15. The van der Waals surface area contributed by atoms with Gasteiger partial charge in [-0.2, -0.15) is 0 Å². The second-order valence-corrected chi connectivity index (χ2v) is 4.15. The smallest absolute Gasteiger partial charge is 0.171 e. The van der Waals surface area contributed by atoms with Crippen LogP contribution in [-0.2, 0) is 13.5 Å². The summed E-state index contributed by atoms with van der Waals surface area (Å²) in [6, 6.07) is 0. The first-order valence-electron chi connectivity index (χ1n) is 4.41. The topological polar surface area (TPSA) is 22.0 Å². The molecule has 0 radical (unpaired) electrons. The SMILES string of the molecule is Cn1cc2c(c1)C(=O)C1(CC1)C2. The fourth-order valence-corrected chi connectivity index (χ4v) is 2.27. The van der Waals surface area contributed by atoms with Crippen LogP contribution < -0.4 is 0 Å². The lowest BCUT2D eigenvalue weighted by Crippen LogP contribution is -2.09. The maximum atomic E-state index is 11.8. The zero-order chi connectivity index (χ0) is 8.34. The van der Waals surface area contributed by atoms with Crippen molar-refractivity contribution in [3.05, 3.63) is 23.5 Å². The minimum atomic E-state index is 0.0823. The predicted molar refractivity (Wildman–Crippen MR) is 45.1 cm³/mol. The summed E-state index contributed by atoms with van der Waals surface area (Å²) < 4.78 is 1.98. The first kappa shape index (κ1) is 6.46. The van der Waals surface area contributed by atoms with E-state index in [0.29, 0.717) is 5.78 Å². The van der Waals surface area contributed by atoms with Crippen molar-refractivity contribution in [3.63, 3.8) is 0 Å². The van der Waals surface area contributed by atoms with Crippen LogP contribution in [0.1, 0.15) is 28.8 Å². The van der Waals surface area contributed by atoms with Crippen LogP contribution in [0, 0.1) is 5.41 Å². The third-order valence-corrected chi connectivity index (χ3v) is 3.15. The highest BCUT2D eigenvalue weighted by Crippen LogP contribution is 2.55. The second-order valence-electron chi connectivity index (χ2n) is 4.15. The lowest BCUT2D eigenvalue weighted by atomic mass is 10.0. The van der Waals surface area contributed by atoms with Gasteiger partial charge in [0.15, 0.2) is 5.78 Å². The Bertz CT molecular complexity index is 371. The van der Waals surface area contributed by atoms with Crippen LogP contribution in [0.3, 0.4) is 0 Å². The molecule has 12 heavy (non-hydrogen) atoms. The number of aromatic nitrogens is 1. The zero-order valence-corrected chi connectivity index (χ0v) is 7.13. The van der Waals surface area contributed by atoms with E-state index in [1.54, 1.807) is 0 Å². The van der Waals surface area contributed by atoms with Gasteiger partial charge in [0.1, 0.15) is 0 Å². The van der Waals surface area contributed by atoms with Gasteiger partial charge in [-0.15, -0.1) is 0 Å². The number of nitrogens with zero attached hydrogens (tertiary/aromatic N) is 1. The number of hydrogen-bond acceptors (Lipinski definition) is 1. The Morgan fingerprint density at radius 3 is 2.75 bits per heavy atom. The second kappa shape index (κ2) is 1.65. The van der Waals surface area contributed by atoms with Crippen molar-refractivity contribution in [2.24, 2.45) is 12.5 Å². The van der Waals surface area contributed by atoms with E-state index in [4.69, 9.17) is 0 Å². The van der Waals surface area contributed by atoms with Gasteiger partial charge in [-0.3, -0.25) is 4.79 Å². The third kappa shape index (κ3) is 0.591. The van der Waals surface area contributed by atoms with Gasteiger partial charge >= 0.3 is 0 Å². The van der Waals surface area contributed by atoms with Crippen LogP contribution in [0.25, 0.3) is 0 Å². The average molecular weight is 161 g/mol. The molecule has 0 N–H and O–H groups in total. The Labute approximate surface area is 71.2 Å². The van der Waals surface area contributed by atoms with Crippen LogP contribution in [0.5, 0.6) is 0 Å². The average Bonchev–Trinajstić information content (AvgIpc) is 2.64. The van der Waals surface area contributed by atoms with Crippen molar-refractivity contribution in [3.8, 4) is 0 Å². The molecule has 0 saturated heterocycles. The minimum absolute atomic E-state index is 0.0823. The van der Waals surface area contributed by atoms with Gasteiger partial charge in [0.25, 0.3) is 0 Å². The van der Waals surface area contributed by atoms with Crippen LogP contribution in [-0.4, -0.2) is 10.4 Å². The number of hydrogen-bond donors (Lipinski definition) is 0. The van der Waals surface area contributed by atoms with Crippen molar-refractivity contribution >= 4 is 5.78 Å². The van der Waals surface area contributed by atoms with Crippen LogP contribution >= 0.6 is 0 Å². The van der Waals surface area contributed by atoms with Crippen LogP contribution in [0.15, 0.2) is 12.4 Å². The molecule has 0 unspecified atom stereocenters. The fourth-order valence-electron chi connectivity index (χ4n) is 2.27. The Kier molecular flexibility index (Phi) is 0.891. The molecule has 62 valence electrons. The molecule has 1 fully saturated rings. The standard InChI is InChI=1S/C10H11NO/c1-11-5-7-4-10(2-3-10)9(12)8(7)6-11/h5-6H,2-4H2,1H3. The minimum Gasteiger partial charge on any atom is -0.356 e. The number of Topliss-reactive ketones (excluding diaryl/α,β-unsaturated/α-hetero) is 1. The fraction of sp³-hybridized carbons (Fsp3) is 0.500. The molecule has 0 aromatic carbocycles. The van der Waals surface area contributed by atoms with Crippen molar-refractivity contribution in [1.29, 1.82) is 0 Å². The van der Waals surface area contributed by atoms with Gasteiger partial charge < -0.3 is 4.57 Å². The number of aryl methyl sites for hydroxylation is 1. The monoisotopic (exact) mass is 161 g/mol. The van der Waals surface area contributed by atoms with E-state index in [1.807, 2.05) is 17.8 Å². The summed E-state index contributed by atoms with van der Waals surface area (Å²) in [5, 5.41) is 0. The molecule has 1 aromatic rings. The highest BCUT2D eigenvalue weighted by atomic mass is 16.1. The van der Waals surface area contributed by atoms with Crippen LogP contribution in [0.2, 0.25) is 0 Å². The number of rotatable bonds is 0. The van der Waals surface area contributed by atoms with Gasteiger partial charge in [0.05, 0.1) is 0 Å².